The molecule has 142 valence electrons. The summed E-state index contributed by atoms with van der Waals surface area (Å²) in [6.45, 7) is 1.63. The van der Waals surface area contributed by atoms with Crippen LogP contribution in [-0.4, -0.2) is 28.8 Å². The fraction of sp³-hybridized carbons (Fsp3) is 0.143. The molecule has 0 unspecified atom stereocenters. The molecule has 28 heavy (non-hydrogen) atoms. The van der Waals surface area contributed by atoms with Gasteiger partial charge in [-0.05, 0) is 12.5 Å². The third-order valence-corrected chi connectivity index (χ3v) is 4.27. The summed E-state index contributed by atoms with van der Waals surface area (Å²) in [7, 11) is 0. The average molecular weight is 377 g/mol. The highest BCUT2D eigenvalue weighted by atomic mass is 16.5. The van der Waals surface area contributed by atoms with Crippen LogP contribution < -0.4 is 11.1 Å². The Morgan fingerprint density at radius 3 is 2.25 bits per heavy atom. The summed E-state index contributed by atoms with van der Waals surface area (Å²) in [6, 6.07) is 17.0. The molecule has 1 heterocycles. The van der Waals surface area contributed by atoms with E-state index in [1.165, 1.54) is 0 Å². The molecule has 2 aromatic carbocycles. The number of carbonyl (C=O) groups excluding carboxylic acids is 3. The van der Waals surface area contributed by atoms with Crippen molar-refractivity contribution in [1.29, 1.82) is 0 Å². The van der Waals surface area contributed by atoms with Crippen molar-refractivity contribution in [2.24, 2.45) is 5.73 Å². The van der Waals surface area contributed by atoms with Crippen molar-refractivity contribution in [2.75, 3.05) is 0 Å². The second-order valence-corrected chi connectivity index (χ2v) is 6.28. The molecule has 3 N–H and O–H groups in total. The fourth-order valence-electron chi connectivity index (χ4n) is 2.88. The Morgan fingerprint density at radius 1 is 1.04 bits per heavy atom. The topological polar surface area (TPSA) is 115 Å². The molecule has 0 aliphatic heterocycles. The Balaban J connectivity index is 1.89. The van der Waals surface area contributed by atoms with Crippen LogP contribution in [0.5, 0.6) is 0 Å². The van der Waals surface area contributed by atoms with Crippen molar-refractivity contribution in [3.8, 4) is 11.3 Å². The Morgan fingerprint density at radius 2 is 1.64 bits per heavy atom. The van der Waals surface area contributed by atoms with Crippen LogP contribution in [0.3, 0.4) is 0 Å². The van der Waals surface area contributed by atoms with Crippen LogP contribution in [0.15, 0.2) is 65.2 Å². The quantitative estimate of drug-likeness (QED) is 0.612. The van der Waals surface area contributed by atoms with Crippen molar-refractivity contribution in [1.82, 2.24) is 10.5 Å². The molecule has 2 amide bonds. The summed E-state index contributed by atoms with van der Waals surface area (Å²) >= 11 is 0. The third kappa shape index (κ3) is 4.15. The van der Waals surface area contributed by atoms with Crippen LogP contribution in [-0.2, 0) is 16.0 Å². The number of nitrogens with two attached hydrogens (primary N) is 1. The van der Waals surface area contributed by atoms with Gasteiger partial charge in [-0.15, -0.1) is 0 Å². The second-order valence-electron chi connectivity index (χ2n) is 6.28. The zero-order valence-corrected chi connectivity index (χ0v) is 15.2. The number of ketones is 1. The van der Waals surface area contributed by atoms with E-state index in [0.29, 0.717) is 17.0 Å². The van der Waals surface area contributed by atoms with Crippen molar-refractivity contribution in [3.63, 3.8) is 0 Å². The van der Waals surface area contributed by atoms with Gasteiger partial charge in [0, 0.05) is 12.0 Å². The van der Waals surface area contributed by atoms with Gasteiger partial charge in [0.1, 0.15) is 11.6 Å². The molecule has 0 saturated heterocycles. The van der Waals surface area contributed by atoms with Gasteiger partial charge in [-0.3, -0.25) is 14.4 Å². The number of aromatic nitrogens is 1. The van der Waals surface area contributed by atoms with Crippen LogP contribution in [0.2, 0.25) is 0 Å². The van der Waals surface area contributed by atoms with Gasteiger partial charge in [0.2, 0.25) is 5.78 Å². The van der Waals surface area contributed by atoms with E-state index < -0.39 is 23.6 Å². The number of aryl methyl sites for hydroxylation is 1. The Bertz CT molecular complexity index is 997. The SMILES string of the molecule is Cc1noc(-c2ccccc2)c1C(=O)N[C@@H](Cc1ccccc1)C(=O)C(N)=O. The van der Waals surface area contributed by atoms with E-state index in [-0.39, 0.29) is 12.0 Å². The molecule has 0 radical (unpaired) electrons. The lowest BCUT2D eigenvalue weighted by Crippen LogP contribution is -2.47. The van der Waals surface area contributed by atoms with Gasteiger partial charge in [0.15, 0.2) is 5.76 Å². The molecule has 3 rings (SSSR count). The molecule has 0 bridgehead atoms. The lowest BCUT2D eigenvalue weighted by atomic mass is 10.0. The van der Waals surface area contributed by atoms with Gasteiger partial charge >= 0.3 is 0 Å². The minimum absolute atomic E-state index is 0.138. The molecule has 1 atom stereocenters. The predicted molar refractivity (Wildman–Crippen MR) is 102 cm³/mol. The highest BCUT2D eigenvalue weighted by molar-refractivity contribution is 6.38. The van der Waals surface area contributed by atoms with Gasteiger partial charge in [-0.2, -0.15) is 0 Å². The lowest BCUT2D eigenvalue weighted by molar-refractivity contribution is -0.137. The fourth-order valence-corrected chi connectivity index (χ4v) is 2.88. The third-order valence-electron chi connectivity index (χ3n) is 4.27. The molecule has 1 aromatic heterocycles. The summed E-state index contributed by atoms with van der Waals surface area (Å²) in [4.78, 5) is 36.6. The Kier molecular flexibility index (Phi) is 5.64. The minimum Gasteiger partial charge on any atom is -0.363 e. The number of benzene rings is 2. The number of nitrogens with one attached hydrogen (secondary N) is 1. The Hall–Kier alpha value is -3.74. The molecule has 0 fully saturated rings. The number of rotatable bonds is 7. The molecular formula is C21H19N3O4. The number of amides is 2. The molecule has 0 spiro atoms. The van der Waals surface area contributed by atoms with Crippen molar-refractivity contribution >= 4 is 17.6 Å². The molecule has 7 nitrogen and oxygen atoms in total. The first kappa shape index (κ1) is 19.0. The molecule has 3 aromatic rings. The first-order chi connectivity index (χ1) is 13.5. The zero-order valence-electron chi connectivity index (χ0n) is 15.2. The van der Waals surface area contributed by atoms with E-state index in [4.69, 9.17) is 10.3 Å². The van der Waals surface area contributed by atoms with Crippen LogP contribution in [0, 0.1) is 6.92 Å². The predicted octanol–water partition coefficient (Wildman–Crippen LogP) is 2.05. The summed E-state index contributed by atoms with van der Waals surface area (Å²) in [6.07, 6.45) is 0.138. The van der Waals surface area contributed by atoms with E-state index >= 15 is 0 Å². The van der Waals surface area contributed by atoms with Gasteiger partial charge in [-0.25, -0.2) is 0 Å². The maximum absolute atomic E-state index is 12.9. The second kappa shape index (κ2) is 8.30. The number of primary amides is 1. The number of carbonyl (C=O) groups is 3. The summed E-state index contributed by atoms with van der Waals surface area (Å²) in [5.74, 6) is -2.24. The van der Waals surface area contributed by atoms with E-state index in [1.807, 2.05) is 24.3 Å². The monoisotopic (exact) mass is 377 g/mol. The average Bonchev–Trinajstić information content (AvgIpc) is 3.10. The Labute approximate surface area is 161 Å². The molecule has 7 heteroatoms. The normalized spacial score (nSPS) is 11.6. The van der Waals surface area contributed by atoms with E-state index in [0.717, 1.165) is 5.56 Å². The van der Waals surface area contributed by atoms with Crippen LogP contribution in [0.4, 0.5) is 0 Å². The maximum Gasteiger partial charge on any atom is 0.287 e. The molecule has 0 aliphatic rings. The van der Waals surface area contributed by atoms with Gasteiger partial charge < -0.3 is 15.6 Å². The largest absolute Gasteiger partial charge is 0.363 e. The summed E-state index contributed by atoms with van der Waals surface area (Å²) in [5.41, 5.74) is 7.21. The summed E-state index contributed by atoms with van der Waals surface area (Å²) in [5, 5.41) is 6.48. The van der Waals surface area contributed by atoms with E-state index in [1.54, 1.807) is 43.3 Å². The van der Waals surface area contributed by atoms with Crippen LogP contribution in [0.25, 0.3) is 11.3 Å². The molecule has 0 saturated carbocycles. The zero-order chi connectivity index (χ0) is 20.1. The van der Waals surface area contributed by atoms with Crippen molar-refractivity contribution in [2.45, 2.75) is 19.4 Å². The standard InChI is InChI=1S/C21H19N3O4/c1-13-17(19(28-24-13)15-10-6-3-7-11-15)21(27)23-16(18(25)20(22)26)12-14-8-4-2-5-9-14/h2-11,16H,12H2,1H3,(H2,22,26)(H,23,27)/t16-/m0/s1. The number of Topliss-reactive ketones (excluding diaryl/α,β-unsaturated/α-hetero) is 1. The summed E-state index contributed by atoms with van der Waals surface area (Å²) < 4.78 is 5.32. The minimum atomic E-state index is -1.11. The first-order valence-electron chi connectivity index (χ1n) is 8.67. The van der Waals surface area contributed by atoms with Crippen molar-refractivity contribution < 1.29 is 18.9 Å². The number of hydrogen-bond acceptors (Lipinski definition) is 5. The van der Waals surface area contributed by atoms with E-state index in [2.05, 4.69) is 10.5 Å². The van der Waals surface area contributed by atoms with E-state index in [9.17, 15) is 14.4 Å². The number of hydrogen-bond donors (Lipinski definition) is 2. The van der Waals surface area contributed by atoms with Gasteiger partial charge in [0.05, 0.1) is 5.69 Å². The van der Waals surface area contributed by atoms with Gasteiger partial charge in [0.25, 0.3) is 11.8 Å². The smallest absolute Gasteiger partial charge is 0.287 e. The van der Waals surface area contributed by atoms with Crippen LogP contribution >= 0.6 is 0 Å². The molecule has 0 aliphatic carbocycles. The first-order valence-corrected chi connectivity index (χ1v) is 8.67. The number of nitrogens with zero attached hydrogens (tertiary/aromatic N) is 1. The highest BCUT2D eigenvalue weighted by Gasteiger charge is 2.29. The lowest BCUT2D eigenvalue weighted by Gasteiger charge is -2.16. The highest BCUT2D eigenvalue weighted by Crippen LogP contribution is 2.26. The van der Waals surface area contributed by atoms with Crippen molar-refractivity contribution in [3.05, 3.63) is 77.5 Å². The van der Waals surface area contributed by atoms with Crippen LogP contribution in [0.1, 0.15) is 21.6 Å². The van der Waals surface area contributed by atoms with Gasteiger partial charge in [-0.1, -0.05) is 65.8 Å². The molecular weight excluding hydrogens is 358 g/mol. The maximum atomic E-state index is 12.9.